The van der Waals surface area contributed by atoms with E-state index in [9.17, 15) is 9.59 Å². The quantitative estimate of drug-likeness (QED) is 0.705. The first kappa shape index (κ1) is 12.9. The van der Waals surface area contributed by atoms with Gasteiger partial charge in [-0.1, -0.05) is 19.3 Å². The first-order chi connectivity index (χ1) is 9.21. The van der Waals surface area contributed by atoms with Gasteiger partial charge in [0, 0.05) is 0 Å². The average Bonchev–Trinajstić information content (AvgIpc) is 2.66. The highest BCUT2D eigenvalue weighted by molar-refractivity contribution is 6.06. The monoisotopic (exact) mass is 266 g/mol. The van der Waals surface area contributed by atoms with Crippen LogP contribution in [0.4, 0.5) is 4.79 Å². The van der Waals surface area contributed by atoms with Crippen molar-refractivity contribution in [3.05, 3.63) is 0 Å². The second kappa shape index (κ2) is 5.12. The van der Waals surface area contributed by atoms with Crippen LogP contribution in [0.2, 0.25) is 0 Å². The van der Waals surface area contributed by atoms with E-state index in [4.69, 9.17) is 0 Å². The third-order valence-corrected chi connectivity index (χ3v) is 4.90. The molecule has 0 aromatic heterocycles. The SMILES string of the molecule is O=C1NC2(CCCCC2)C(=O)N1C[NH+]1CCCCC1. The molecule has 1 spiro atoms. The van der Waals surface area contributed by atoms with E-state index in [2.05, 4.69) is 5.32 Å². The van der Waals surface area contributed by atoms with Gasteiger partial charge in [0.25, 0.3) is 5.91 Å². The van der Waals surface area contributed by atoms with Crippen LogP contribution in [0.5, 0.6) is 0 Å². The molecule has 1 aliphatic carbocycles. The maximum Gasteiger partial charge on any atom is 0.329 e. The van der Waals surface area contributed by atoms with Gasteiger partial charge in [0.2, 0.25) is 0 Å². The van der Waals surface area contributed by atoms with Gasteiger partial charge in [-0.05, 0) is 32.1 Å². The smallest absolute Gasteiger partial charge is 0.323 e. The normalized spacial score (nSPS) is 27.9. The van der Waals surface area contributed by atoms with Gasteiger partial charge in [-0.25, -0.2) is 9.69 Å². The first-order valence-corrected chi connectivity index (χ1v) is 7.69. The van der Waals surface area contributed by atoms with Crippen molar-refractivity contribution in [1.29, 1.82) is 0 Å². The highest BCUT2D eigenvalue weighted by atomic mass is 16.2. The Labute approximate surface area is 114 Å². The maximum absolute atomic E-state index is 12.6. The molecule has 106 valence electrons. The highest BCUT2D eigenvalue weighted by Crippen LogP contribution is 2.33. The maximum atomic E-state index is 12.6. The number of carbonyl (C=O) groups excluding carboxylic acids is 2. The number of hydrogen-bond donors (Lipinski definition) is 2. The molecule has 0 aromatic rings. The fraction of sp³-hybridized carbons (Fsp3) is 0.857. The van der Waals surface area contributed by atoms with Crippen LogP contribution < -0.4 is 10.2 Å². The summed E-state index contributed by atoms with van der Waals surface area (Å²) in [4.78, 5) is 27.6. The van der Waals surface area contributed by atoms with E-state index in [1.165, 1.54) is 35.5 Å². The van der Waals surface area contributed by atoms with Crippen molar-refractivity contribution in [3.63, 3.8) is 0 Å². The predicted molar refractivity (Wildman–Crippen MR) is 70.6 cm³/mol. The average molecular weight is 266 g/mol. The van der Waals surface area contributed by atoms with Gasteiger partial charge < -0.3 is 10.2 Å². The molecule has 0 unspecified atom stereocenters. The van der Waals surface area contributed by atoms with Crippen molar-refractivity contribution in [2.75, 3.05) is 19.8 Å². The zero-order valence-electron chi connectivity index (χ0n) is 11.5. The van der Waals surface area contributed by atoms with Crippen molar-refractivity contribution < 1.29 is 14.5 Å². The van der Waals surface area contributed by atoms with Crippen LogP contribution in [0.15, 0.2) is 0 Å². The summed E-state index contributed by atoms with van der Waals surface area (Å²) in [5, 5.41) is 2.98. The number of carbonyl (C=O) groups is 2. The standard InChI is InChI=1S/C14H23N3O2/c18-12-14(7-3-1-4-8-14)15-13(19)17(12)11-16-9-5-2-6-10-16/h1-11H2,(H,15,19)/p+1. The molecule has 19 heavy (non-hydrogen) atoms. The number of hydrogen-bond acceptors (Lipinski definition) is 2. The molecule has 0 bridgehead atoms. The molecule has 2 N–H and O–H groups in total. The highest BCUT2D eigenvalue weighted by Gasteiger charge is 2.52. The molecule has 2 saturated heterocycles. The minimum Gasteiger partial charge on any atom is -0.323 e. The summed E-state index contributed by atoms with van der Waals surface area (Å²) < 4.78 is 0. The second-order valence-corrected chi connectivity index (χ2v) is 6.27. The number of quaternary nitrogens is 1. The Balaban J connectivity index is 1.68. The third-order valence-electron chi connectivity index (χ3n) is 4.90. The predicted octanol–water partition coefficient (Wildman–Crippen LogP) is 0.267. The van der Waals surface area contributed by atoms with E-state index in [1.54, 1.807) is 0 Å². The molecule has 3 amide bonds. The first-order valence-electron chi connectivity index (χ1n) is 7.69. The second-order valence-electron chi connectivity index (χ2n) is 6.27. The van der Waals surface area contributed by atoms with Gasteiger partial charge in [0.15, 0.2) is 6.67 Å². The number of likely N-dealkylation sites (tertiary alicyclic amines) is 1. The number of nitrogens with one attached hydrogen (secondary N) is 2. The minimum atomic E-state index is -0.551. The van der Waals surface area contributed by atoms with Gasteiger partial charge >= 0.3 is 6.03 Å². The topological polar surface area (TPSA) is 53.9 Å². The minimum absolute atomic E-state index is 0.0373. The van der Waals surface area contributed by atoms with E-state index in [-0.39, 0.29) is 11.9 Å². The van der Waals surface area contributed by atoms with Gasteiger partial charge in [-0.15, -0.1) is 0 Å². The van der Waals surface area contributed by atoms with E-state index >= 15 is 0 Å². The summed E-state index contributed by atoms with van der Waals surface area (Å²) in [5.41, 5.74) is -0.551. The molecule has 5 heteroatoms. The molecule has 1 saturated carbocycles. The number of imide groups is 1. The Morgan fingerprint density at radius 3 is 2.32 bits per heavy atom. The molecule has 5 nitrogen and oxygen atoms in total. The van der Waals surface area contributed by atoms with Crippen LogP contribution in [0.3, 0.4) is 0 Å². The number of piperidine rings is 1. The van der Waals surface area contributed by atoms with Crippen molar-refractivity contribution in [1.82, 2.24) is 10.2 Å². The van der Waals surface area contributed by atoms with Crippen molar-refractivity contribution >= 4 is 11.9 Å². The lowest BCUT2D eigenvalue weighted by Gasteiger charge is -2.31. The summed E-state index contributed by atoms with van der Waals surface area (Å²) in [6.45, 7) is 2.74. The summed E-state index contributed by atoms with van der Waals surface area (Å²) in [5.74, 6) is 0.0373. The molecule has 3 aliphatic rings. The van der Waals surface area contributed by atoms with E-state index in [0.29, 0.717) is 6.67 Å². The lowest BCUT2D eigenvalue weighted by atomic mass is 9.82. The number of nitrogens with zero attached hydrogens (tertiary/aromatic N) is 1. The van der Waals surface area contributed by atoms with E-state index < -0.39 is 5.54 Å². The fourth-order valence-electron chi connectivity index (χ4n) is 3.75. The summed E-state index contributed by atoms with van der Waals surface area (Å²) >= 11 is 0. The number of urea groups is 1. The Bertz CT molecular complexity index is 371. The zero-order chi connectivity index (χ0) is 13.3. The van der Waals surface area contributed by atoms with Gasteiger partial charge in [0.05, 0.1) is 13.1 Å². The Morgan fingerprint density at radius 1 is 1.00 bits per heavy atom. The zero-order valence-corrected chi connectivity index (χ0v) is 11.5. The largest absolute Gasteiger partial charge is 0.329 e. The van der Waals surface area contributed by atoms with Crippen LogP contribution in [0.1, 0.15) is 51.4 Å². The van der Waals surface area contributed by atoms with E-state index in [0.717, 1.165) is 38.8 Å². The van der Waals surface area contributed by atoms with Crippen LogP contribution in [0.25, 0.3) is 0 Å². The van der Waals surface area contributed by atoms with Crippen LogP contribution in [-0.4, -0.2) is 42.1 Å². The molecular formula is C14H24N3O2+. The summed E-state index contributed by atoms with van der Waals surface area (Å²) in [6.07, 6.45) is 8.64. The molecule has 2 heterocycles. The van der Waals surface area contributed by atoms with Gasteiger partial charge in [0.1, 0.15) is 5.54 Å². The van der Waals surface area contributed by atoms with Crippen molar-refractivity contribution in [3.8, 4) is 0 Å². The Hall–Kier alpha value is -1.10. The lowest BCUT2D eigenvalue weighted by Crippen LogP contribution is -3.14. The van der Waals surface area contributed by atoms with Gasteiger partial charge in [-0.3, -0.25) is 4.79 Å². The molecule has 0 aromatic carbocycles. The molecular weight excluding hydrogens is 242 g/mol. The van der Waals surface area contributed by atoms with Crippen molar-refractivity contribution in [2.45, 2.75) is 56.9 Å². The molecule has 0 radical (unpaired) electrons. The molecule has 3 fully saturated rings. The molecule has 2 aliphatic heterocycles. The molecule has 0 atom stereocenters. The Kier molecular flexibility index (Phi) is 3.48. The summed E-state index contributed by atoms with van der Waals surface area (Å²) in [6, 6.07) is -0.162. The lowest BCUT2D eigenvalue weighted by molar-refractivity contribution is -0.912. The van der Waals surface area contributed by atoms with Crippen molar-refractivity contribution in [2.24, 2.45) is 0 Å². The van der Waals surface area contributed by atoms with Crippen LogP contribution >= 0.6 is 0 Å². The molecule has 3 rings (SSSR count). The van der Waals surface area contributed by atoms with Crippen LogP contribution in [0, 0.1) is 0 Å². The van der Waals surface area contributed by atoms with E-state index in [1.807, 2.05) is 0 Å². The van der Waals surface area contributed by atoms with Crippen LogP contribution in [-0.2, 0) is 4.79 Å². The number of amides is 3. The summed E-state index contributed by atoms with van der Waals surface area (Å²) in [7, 11) is 0. The third kappa shape index (κ3) is 2.36. The fourth-order valence-corrected chi connectivity index (χ4v) is 3.75. The van der Waals surface area contributed by atoms with Gasteiger partial charge in [-0.2, -0.15) is 0 Å². The number of rotatable bonds is 2. The Morgan fingerprint density at radius 2 is 1.63 bits per heavy atom.